The van der Waals surface area contributed by atoms with Gasteiger partial charge in [0, 0.05) is 5.56 Å². The molecular formula is C12H14ClNO6. The second kappa shape index (κ2) is 6.97. The molecule has 0 spiro atoms. The van der Waals surface area contributed by atoms with Crippen molar-refractivity contribution < 1.29 is 29.3 Å². The number of amides is 1. The van der Waals surface area contributed by atoms with Gasteiger partial charge in [-0.2, -0.15) is 0 Å². The molecule has 1 aromatic rings. The van der Waals surface area contributed by atoms with Gasteiger partial charge in [0.2, 0.25) is 0 Å². The number of carboxylic acids is 1. The molecule has 0 bridgehead atoms. The Morgan fingerprint density at radius 3 is 2.45 bits per heavy atom. The highest BCUT2D eigenvalue weighted by atomic mass is 35.5. The van der Waals surface area contributed by atoms with E-state index in [-0.39, 0.29) is 22.1 Å². The second-order valence-electron chi connectivity index (χ2n) is 3.74. The molecule has 7 nitrogen and oxygen atoms in total. The third-order valence-corrected chi connectivity index (χ3v) is 2.76. The van der Waals surface area contributed by atoms with Gasteiger partial charge in [-0.3, -0.25) is 4.79 Å². The van der Waals surface area contributed by atoms with Gasteiger partial charge in [0.25, 0.3) is 5.91 Å². The number of ether oxygens (including phenoxy) is 2. The van der Waals surface area contributed by atoms with Crippen molar-refractivity contribution in [2.75, 3.05) is 20.8 Å². The Hall–Kier alpha value is -1.99. The van der Waals surface area contributed by atoms with Gasteiger partial charge in [-0.1, -0.05) is 11.6 Å². The number of carbonyl (C=O) groups excluding carboxylic acids is 1. The van der Waals surface area contributed by atoms with Crippen LogP contribution in [-0.4, -0.2) is 49.0 Å². The number of aliphatic carboxylic acids is 1. The van der Waals surface area contributed by atoms with E-state index in [1.165, 1.54) is 26.4 Å². The standard InChI is InChI=1S/C12H14ClNO6/c1-19-9-4-6(3-7(13)10(9)20-2)11(16)14-8(5-15)12(17)18/h3-4,8,15H,5H2,1-2H3,(H,14,16)(H,17,18). The molecule has 0 saturated heterocycles. The molecule has 0 aliphatic heterocycles. The number of nitrogens with one attached hydrogen (secondary N) is 1. The molecule has 0 aromatic heterocycles. The monoisotopic (exact) mass is 303 g/mol. The number of aliphatic hydroxyl groups excluding tert-OH is 1. The Morgan fingerprint density at radius 2 is 2.00 bits per heavy atom. The van der Waals surface area contributed by atoms with Gasteiger partial charge in [0.1, 0.15) is 0 Å². The summed E-state index contributed by atoms with van der Waals surface area (Å²) in [5.74, 6) is -1.54. The molecule has 1 aromatic carbocycles. The van der Waals surface area contributed by atoms with Crippen molar-refractivity contribution in [1.82, 2.24) is 5.32 Å². The Morgan fingerprint density at radius 1 is 1.35 bits per heavy atom. The Balaban J connectivity index is 3.05. The quantitative estimate of drug-likeness (QED) is 0.708. The smallest absolute Gasteiger partial charge is 0.328 e. The summed E-state index contributed by atoms with van der Waals surface area (Å²) in [5, 5.41) is 19.9. The van der Waals surface area contributed by atoms with Gasteiger partial charge >= 0.3 is 5.97 Å². The van der Waals surface area contributed by atoms with Crippen molar-refractivity contribution in [3.05, 3.63) is 22.7 Å². The number of benzene rings is 1. The maximum absolute atomic E-state index is 11.9. The van der Waals surface area contributed by atoms with Crippen LogP contribution in [-0.2, 0) is 4.79 Å². The van der Waals surface area contributed by atoms with E-state index in [0.717, 1.165) is 0 Å². The van der Waals surface area contributed by atoms with Crippen LogP contribution in [0.25, 0.3) is 0 Å². The van der Waals surface area contributed by atoms with Crippen molar-refractivity contribution in [3.63, 3.8) is 0 Å². The largest absolute Gasteiger partial charge is 0.493 e. The molecule has 0 heterocycles. The number of hydrogen-bond acceptors (Lipinski definition) is 5. The molecule has 0 aliphatic carbocycles. The van der Waals surface area contributed by atoms with E-state index in [9.17, 15) is 9.59 Å². The summed E-state index contributed by atoms with van der Waals surface area (Å²) in [6.07, 6.45) is 0. The normalized spacial score (nSPS) is 11.6. The van der Waals surface area contributed by atoms with Crippen LogP contribution in [0.15, 0.2) is 12.1 Å². The maximum Gasteiger partial charge on any atom is 0.328 e. The number of hydrogen-bond donors (Lipinski definition) is 3. The molecule has 0 aliphatic rings. The number of rotatable bonds is 6. The lowest BCUT2D eigenvalue weighted by Crippen LogP contribution is -2.43. The molecule has 1 rings (SSSR count). The summed E-state index contributed by atoms with van der Waals surface area (Å²) in [4.78, 5) is 22.6. The summed E-state index contributed by atoms with van der Waals surface area (Å²) in [6, 6.07) is 1.28. The van der Waals surface area contributed by atoms with Crippen molar-refractivity contribution in [2.24, 2.45) is 0 Å². The number of carboxylic acid groups (broad SMARTS) is 1. The third kappa shape index (κ3) is 3.52. The lowest BCUT2D eigenvalue weighted by molar-refractivity contribution is -0.140. The Labute approximate surface area is 120 Å². The van der Waals surface area contributed by atoms with Crippen molar-refractivity contribution in [3.8, 4) is 11.5 Å². The van der Waals surface area contributed by atoms with Crippen molar-refractivity contribution >= 4 is 23.5 Å². The zero-order valence-electron chi connectivity index (χ0n) is 10.8. The van der Waals surface area contributed by atoms with Gasteiger partial charge in [-0.05, 0) is 12.1 Å². The lowest BCUT2D eigenvalue weighted by Gasteiger charge is -2.14. The van der Waals surface area contributed by atoms with Crippen LogP contribution in [0, 0.1) is 0 Å². The fourth-order valence-electron chi connectivity index (χ4n) is 1.48. The topological polar surface area (TPSA) is 105 Å². The fourth-order valence-corrected chi connectivity index (χ4v) is 1.76. The molecule has 110 valence electrons. The lowest BCUT2D eigenvalue weighted by atomic mass is 10.1. The maximum atomic E-state index is 11.9. The summed E-state index contributed by atoms with van der Waals surface area (Å²) < 4.78 is 10.1. The first kappa shape index (κ1) is 16.1. The van der Waals surface area contributed by atoms with Gasteiger partial charge in [0.05, 0.1) is 25.8 Å². The molecule has 3 N–H and O–H groups in total. The third-order valence-electron chi connectivity index (χ3n) is 2.48. The minimum atomic E-state index is -1.39. The molecule has 0 fully saturated rings. The highest BCUT2D eigenvalue weighted by molar-refractivity contribution is 6.32. The van der Waals surface area contributed by atoms with E-state index < -0.39 is 24.5 Å². The molecule has 1 unspecified atom stereocenters. The number of halogens is 1. The van der Waals surface area contributed by atoms with E-state index in [1.54, 1.807) is 0 Å². The fraction of sp³-hybridized carbons (Fsp3) is 0.333. The minimum Gasteiger partial charge on any atom is -0.493 e. The van der Waals surface area contributed by atoms with Gasteiger partial charge in [-0.15, -0.1) is 0 Å². The highest BCUT2D eigenvalue weighted by Crippen LogP contribution is 2.35. The SMILES string of the molecule is COc1cc(C(=O)NC(CO)C(=O)O)cc(Cl)c1OC. The molecule has 1 atom stereocenters. The van der Waals surface area contributed by atoms with Crippen LogP contribution in [0.4, 0.5) is 0 Å². The average molecular weight is 304 g/mol. The van der Waals surface area contributed by atoms with Crippen LogP contribution >= 0.6 is 11.6 Å². The molecule has 20 heavy (non-hydrogen) atoms. The van der Waals surface area contributed by atoms with E-state index in [4.69, 9.17) is 31.3 Å². The highest BCUT2D eigenvalue weighted by Gasteiger charge is 2.21. The van der Waals surface area contributed by atoms with Crippen molar-refractivity contribution in [1.29, 1.82) is 0 Å². The van der Waals surface area contributed by atoms with Crippen LogP contribution in [0.3, 0.4) is 0 Å². The molecular weight excluding hydrogens is 290 g/mol. The predicted molar refractivity (Wildman–Crippen MR) is 70.5 cm³/mol. The first-order valence-corrected chi connectivity index (χ1v) is 5.88. The van der Waals surface area contributed by atoms with Crippen LogP contribution in [0.1, 0.15) is 10.4 Å². The zero-order valence-corrected chi connectivity index (χ0v) is 11.6. The first-order valence-electron chi connectivity index (χ1n) is 5.50. The summed E-state index contributed by atoms with van der Waals surface area (Å²) in [6.45, 7) is -0.720. The van der Waals surface area contributed by atoms with Crippen LogP contribution < -0.4 is 14.8 Å². The first-order chi connectivity index (χ1) is 9.44. The summed E-state index contributed by atoms with van der Waals surface area (Å²) >= 11 is 5.94. The van der Waals surface area contributed by atoms with E-state index in [1.807, 2.05) is 0 Å². The number of aliphatic hydroxyl groups is 1. The predicted octanol–water partition coefficient (Wildman–Crippen LogP) is 0.532. The molecule has 1 amide bonds. The zero-order chi connectivity index (χ0) is 15.3. The van der Waals surface area contributed by atoms with Gasteiger partial charge < -0.3 is 25.0 Å². The van der Waals surface area contributed by atoms with Gasteiger partial charge in [-0.25, -0.2) is 4.79 Å². The number of methoxy groups -OCH3 is 2. The van der Waals surface area contributed by atoms with E-state index in [0.29, 0.717) is 0 Å². The van der Waals surface area contributed by atoms with E-state index in [2.05, 4.69) is 5.32 Å². The summed E-state index contributed by atoms with van der Waals surface area (Å²) in [7, 11) is 2.78. The second-order valence-corrected chi connectivity index (χ2v) is 4.15. The van der Waals surface area contributed by atoms with E-state index >= 15 is 0 Å². The van der Waals surface area contributed by atoms with Crippen LogP contribution in [0.5, 0.6) is 11.5 Å². The molecule has 0 radical (unpaired) electrons. The molecule has 8 heteroatoms. The van der Waals surface area contributed by atoms with Crippen molar-refractivity contribution in [2.45, 2.75) is 6.04 Å². The average Bonchev–Trinajstić information content (AvgIpc) is 2.42. The van der Waals surface area contributed by atoms with Crippen LogP contribution in [0.2, 0.25) is 5.02 Å². The number of carbonyl (C=O) groups is 2. The minimum absolute atomic E-state index is 0.0901. The van der Waals surface area contributed by atoms with Gasteiger partial charge in [0.15, 0.2) is 17.5 Å². The molecule has 0 saturated carbocycles. The Kier molecular flexibility index (Phi) is 5.60. The summed E-state index contributed by atoms with van der Waals surface area (Å²) in [5.41, 5.74) is 0.0901. The Bertz CT molecular complexity index is 519.